The van der Waals surface area contributed by atoms with Gasteiger partial charge in [-0.15, -0.1) is 0 Å². The minimum Gasteiger partial charge on any atom is -0.314 e. The van der Waals surface area contributed by atoms with Crippen molar-refractivity contribution >= 4 is 10.9 Å². The van der Waals surface area contributed by atoms with Gasteiger partial charge in [-0.25, -0.2) is 0 Å². The number of fused-ring (bicyclic) bond motifs is 1. The van der Waals surface area contributed by atoms with Gasteiger partial charge in [-0.3, -0.25) is 4.79 Å². The molecule has 1 aromatic carbocycles. The first-order chi connectivity index (χ1) is 8.84. The Morgan fingerprint density at radius 2 is 2.00 bits per heavy atom. The molecular formula is C15H18N2O. The molecule has 0 unspecified atom stereocenters. The second-order valence-corrected chi connectivity index (χ2v) is 4.96. The van der Waals surface area contributed by atoms with Crippen molar-refractivity contribution in [3.8, 4) is 0 Å². The Kier molecular flexibility index (Phi) is 3.15. The topological polar surface area (TPSA) is 34.0 Å². The number of nitrogens with zero attached hydrogens (tertiary/aromatic N) is 1. The third-order valence-electron chi connectivity index (χ3n) is 3.47. The second kappa shape index (κ2) is 4.94. The molecule has 0 saturated heterocycles. The summed E-state index contributed by atoms with van der Waals surface area (Å²) in [4.78, 5) is 11.9. The van der Waals surface area contributed by atoms with Crippen molar-refractivity contribution in [3.05, 3.63) is 46.8 Å². The number of para-hydroxylation sites is 1. The fourth-order valence-corrected chi connectivity index (χ4v) is 2.31. The number of hydrogen-bond donors (Lipinski definition) is 1. The predicted octanol–water partition coefficient (Wildman–Crippen LogP) is 2.14. The van der Waals surface area contributed by atoms with Gasteiger partial charge >= 0.3 is 0 Å². The Morgan fingerprint density at radius 3 is 2.83 bits per heavy atom. The van der Waals surface area contributed by atoms with E-state index in [9.17, 15) is 4.79 Å². The lowest BCUT2D eigenvalue weighted by molar-refractivity contribution is 0.579. The van der Waals surface area contributed by atoms with Gasteiger partial charge in [0.1, 0.15) is 0 Å². The molecule has 3 rings (SSSR count). The van der Waals surface area contributed by atoms with Crippen LogP contribution in [0.5, 0.6) is 0 Å². The standard InChI is InChI=1S/C15H18N2O/c18-15-9-6-12-4-1-2-5-14(12)17(15)11-3-10-16-13-7-8-13/h1-2,4-6,9,13,16H,3,7-8,10-11H2. The van der Waals surface area contributed by atoms with Crippen LogP contribution < -0.4 is 10.9 Å². The smallest absolute Gasteiger partial charge is 0.251 e. The summed E-state index contributed by atoms with van der Waals surface area (Å²) < 4.78 is 1.88. The highest BCUT2D eigenvalue weighted by Crippen LogP contribution is 2.18. The Hall–Kier alpha value is -1.61. The van der Waals surface area contributed by atoms with Crippen LogP contribution in [0.2, 0.25) is 0 Å². The van der Waals surface area contributed by atoms with E-state index in [4.69, 9.17) is 0 Å². The monoisotopic (exact) mass is 242 g/mol. The van der Waals surface area contributed by atoms with Crippen LogP contribution >= 0.6 is 0 Å². The van der Waals surface area contributed by atoms with E-state index in [0.29, 0.717) is 0 Å². The van der Waals surface area contributed by atoms with Gasteiger partial charge in [0, 0.05) is 18.7 Å². The van der Waals surface area contributed by atoms with E-state index < -0.39 is 0 Å². The second-order valence-electron chi connectivity index (χ2n) is 4.96. The van der Waals surface area contributed by atoms with Crippen LogP contribution in [0.3, 0.4) is 0 Å². The van der Waals surface area contributed by atoms with Crippen molar-refractivity contribution in [3.63, 3.8) is 0 Å². The van der Waals surface area contributed by atoms with Gasteiger partial charge in [-0.05, 0) is 43.3 Å². The Morgan fingerprint density at radius 1 is 1.17 bits per heavy atom. The number of aryl methyl sites for hydroxylation is 1. The fourth-order valence-electron chi connectivity index (χ4n) is 2.31. The molecule has 0 amide bonds. The highest BCUT2D eigenvalue weighted by atomic mass is 16.1. The highest BCUT2D eigenvalue weighted by Gasteiger charge is 2.19. The van der Waals surface area contributed by atoms with Crippen LogP contribution in [0, 0.1) is 0 Å². The van der Waals surface area contributed by atoms with Crippen LogP contribution in [-0.2, 0) is 6.54 Å². The number of aromatic nitrogens is 1. The van der Waals surface area contributed by atoms with Gasteiger partial charge < -0.3 is 9.88 Å². The summed E-state index contributed by atoms with van der Waals surface area (Å²) in [5, 5.41) is 4.61. The molecule has 0 aliphatic heterocycles. The quantitative estimate of drug-likeness (QED) is 0.815. The first-order valence-electron chi connectivity index (χ1n) is 6.66. The molecule has 1 aliphatic carbocycles. The van der Waals surface area contributed by atoms with Gasteiger partial charge in [-0.2, -0.15) is 0 Å². The third kappa shape index (κ3) is 2.46. The predicted molar refractivity (Wildman–Crippen MR) is 73.8 cm³/mol. The van der Waals surface area contributed by atoms with E-state index in [-0.39, 0.29) is 5.56 Å². The van der Waals surface area contributed by atoms with E-state index in [1.807, 2.05) is 34.9 Å². The zero-order chi connectivity index (χ0) is 12.4. The molecule has 0 atom stereocenters. The Bertz CT molecular complexity index is 599. The summed E-state index contributed by atoms with van der Waals surface area (Å²) in [7, 11) is 0. The van der Waals surface area contributed by atoms with E-state index in [0.717, 1.165) is 36.5 Å². The average Bonchev–Trinajstić information content (AvgIpc) is 3.21. The van der Waals surface area contributed by atoms with Crippen LogP contribution in [0.15, 0.2) is 41.2 Å². The summed E-state index contributed by atoms with van der Waals surface area (Å²) in [6.07, 6.45) is 3.63. The van der Waals surface area contributed by atoms with E-state index in [1.165, 1.54) is 12.8 Å². The van der Waals surface area contributed by atoms with Gasteiger partial charge in [0.05, 0.1) is 5.52 Å². The average molecular weight is 242 g/mol. The summed E-state index contributed by atoms with van der Waals surface area (Å²) in [5.74, 6) is 0. The highest BCUT2D eigenvalue weighted by molar-refractivity contribution is 5.78. The molecule has 1 aliphatic rings. The van der Waals surface area contributed by atoms with Crippen molar-refractivity contribution < 1.29 is 0 Å². The normalized spacial score (nSPS) is 15.1. The minimum absolute atomic E-state index is 0.0973. The lowest BCUT2D eigenvalue weighted by Crippen LogP contribution is -2.23. The molecule has 2 aromatic rings. The summed E-state index contributed by atoms with van der Waals surface area (Å²) in [6, 6.07) is 12.4. The fraction of sp³-hybridized carbons (Fsp3) is 0.400. The van der Waals surface area contributed by atoms with E-state index in [2.05, 4.69) is 5.32 Å². The Balaban J connectivity index is 1.76. The molecule has 1 aromatic heterocycles. The Labute approximate surface area is 106 Å². The largest absolute Gasteiger partial charge is 0.314 e. The van der Waals surface area contributed by atoms with Crippen molar-refractivity contribution in [2.45, 2.75) is 31.8 Å². The van der Waals surface area contributed by atoms with Gasteiger partial charge in [0.2, 0.25) is 0 Å². The zero-order valence-electron chi connectivity index (χ0n) is 10.4. The minimum atomic E-state index is 0.0973. The maximum absolute atomic E-state index is 11.9. The number of benzene rings is 1. The number of hydrogen-bond acceptors (Lipinski definition) is 2. The van der Waals surface area contributed by atoms with Gasteiger partial charge in [-0.1, -0.05) is 18.2 Å². The van der Waals surface area contributed by atoms with Gasteiger partial charge in [0.25, 0.3) is 5.56 Å². The molecule has 0 radical (unpaired) electrons. The molecule has 0 spiro atoms. The van der Waals surface area contributed by atoms with Crippen molar-refractivity contribution in [2.75, 3.05) is 6.54 Å². The van der Waals surface area contributed by atoms with Crippen LogP contribution in [0.1, 0.15) is 19.3 Å². The van der Waals surface area contributed by atoms with Crippen LogP contribution in [0.25, 0.3) is 10.9 Å². The van der Waals surface area contributed by atoms with Crippen molar-refractivity contribution in [1.29, 1.82) is 0 Å². The first-order valence-corrected chi connectivity index (χ1v) is 6.66. The molecule has 1 heterocycles. The molecule has 1 N–H and O–H groups in total. The molecule has 1 saturated carbocycles. The number of pyridine rings is 1. The SMILES string of the molecule is O=c1ccc2ccccc2n1CCCNC1CC1. The van der Waals surface area contributed by atoms with E-state index in [1.54, 1.807) is 6.07 Å². The molecule has 1 fully saturated rings. The zero-order valence-corrected chi connectivity index (χ0v) is 10.4. The summed E-state index contributed by atoms with van der Waals surface area (Å²) >= 11 is 0. The first kappa shape index (κ1) is 11.5. The number of nitrogens with one attached hydrogen (secondary N) is 1. The van der Waals surface area contributed by atoms with Gasteiger partial charge in [0.15, 0.2) is 0 Å². The number of rotatable bonds is 5. The lowest BCUT2D eigenvalue weighted by atomic mass is 10.2. The molecule has 18 heavy (non-hydrogen) atoms. The summed E-state index contributed by atoms with van der Waals surface area (Å²) in [6.45, 7) is 1.79. The van der Waals surface area contributed by atoms with Crippen LogP contribution in [-0.4, -0.2) is 17.2 Å². The van der Waals surface area contributed by atoms with Crippen LogP contribution in [0.4, 0.5) is 0 Å². The molecule has 3 heteroatoms. The lowest BCUT2D eigenvalue weighted by Gasteiger charge is -2.10. The molecular weight excluding hydrogens is 224 g/mol. The maximum Gasteiger partial charge on any atom is 0.251 e. The third-order valence-corrected chi connectivity index (χ3v) is 3.47. The van der Waals surface area contributed by atoms with Crippen molar-refractivity contribution in [2.24, 2.45) is 0 Å². The maximum atomic E-state index is 11.9. The van der Waals surface area contributed by atoms with Crippen molar-refractivity contribution in [1.82, 2.24) is 9.88 Å². The molecule has 0 bridgehead atoms. The van der Waals surface area contributed by atoms with E-state index >= 15 is 0 Å². The molecule has 94 valence electrons. The summed E-state index contributed by atoms with van der Waals surface area (Å²) in [5.41, 5.74) is 1.14. The molecule has 3 nitrogen and oxygen atoms in total.